The first-order valence-electron chi connectivity index (χ1n) is 7.29. The van der Waals surface area contributed by atoms with Crippen LogP contribution >= 0.6 is 0 Å². The summed E-state index contributed by atoms with van der Waals surface area (Å²) in [6.07, 6.45) is 3.99. The fraction of sp³-hybridized carbons (Fsp3) is 0.562. The van der Waals surface area contributed by atoms with Crippen LogP contribution in [0.4, 0.5) is 0 Å². The fourth-order valence-corrected chi connectivity index (χ4v) is 3.01. The zero-order valence-electron chi connectivity index (χ0n) is 11.8. The van der Waals surface area contributed by atoms with E-state index >= 15 is 0 Å². The van der Waals surface area contributed by atoms with Crippen LogP contribution in [0.25, 0.3) is 0 Å². The molecule has 108 valence electrons. The number of likely N-dealkylation sites (tertiary alicyclic amines) is 1. The minimum atomic E-state index is -0.708. The van der Waals surface area contributed by atoms with Crippen LogP contribution in [-0.2, 0) is 10.2 Å². The molecule has 0 amide bonds. The van der Waals surface area contributed by atoms with Gasteiger partial charge in [0.25, 0.3) is 0 Å². The number of carbonyl (C=O) groups is 1. The van der Waals surface area contributed by atoms with Gasteiger partial charge in [-0.3, -0.25) is 4.79 Å². The van der Waals surface area contributed by atoms with Gasteiger partial charge in [-0.25, -0.2) is 0 Å². The van der Waals surface area contributed by atoms with Crippen LogP contribution in [0.5, 0.6) is 5.75 Å². The van der Waals surface area contributed by atoms with Crippen molar-refractivity contribution in [3.05, 3.63) is 29.8 Å². The average Bonchev–Trinajstić information content (AvgIpc) is 3.21. The zero-order chi connectivity index (χ0) is 14.2. The molecule has 0 spiro atoms. The highest BCUT2D eigenvalue weighted by Crippen LogP contribution is 2.48. The van der Waals surface area contributed by atoms with Gasteiger partial charge in [-0.1, -0.05) is 12.1 Å². The van der Waals surface area contributed by atoms with Gasteiger partial charge in [0, 0.05) is 6.54 Å². The summed E-state index contributed by atoms with van der Waals surface area (Å²) in [6.45, 7) is 2.10. The molecule has 2 fully saturated rings. The first-order valence-corrected chi connectivity index (χ1v) is 7.29. The highest BCUT2D eigenvalue weighted by molar-refractivity contribution is 5.84. The average molecular weight is 275 g/mol. The molecule has 1 saturated heterocycles. The standard InChI is InChI=1S/C16H21NO3/c1-17-10-2-3-14(11-17)20-13-6-4-12(5-7-13)16(8-9-16)15(18)19/h4-7,14H,2-3,8-11H2,1H3,(H,18,19). The van der Waals surface area contributed by atoms with E-state index in [1.807, 2.05) is 24.3 Å². The van der Waals surface area contributed by atoms with Gasteiger partial charge < -0.3 is 14.7 Å². The van der Waals surface area contributed by atoms with Gasteiger partial charge in [0.2, 0.25) is 0 Å². The molecule has 2 aliphatic rings. The molecule has 0 bridgehead atoms. The van der Waals surface area contributed by atoms with Crippen LogP contribution in [-0.4, -0.2) is 42.2 Å². The van der Waals surface area contributed by atoms with Crippen LogP contribution in [0.15, 0.2) is 24.3 Å². The molecule has 1 aromatic carbocycles. The summed E-state index contributed by atoms with van der Waals surface area (Å²) >= 11 is 0. The van der Waals surface area contributed by atoms with Crippen LogP contribution in [0.2, 0.25) is 0 Å². The summed E-state index contributed by atoms with van der Waals surface area (Å²) in [5.74, 6) is 0.135. The van der Waals surface area contributed by atoms with Crippen molar-refractivity contribution in [3.8, 4) is 5.75 Å². The van der Waals surface area contributed by atoms with Crippen molar-refractivity contribution in [2.75, 3.05) is 20.1 Å². The molecular formula is C16H21NO3. The Morgan fingerprint density at radius 2 is 2.05 bits per heavy atom. The number of carboxylic acid groups (broad SMARTS) is 1. The lowest BCUT2D eigenvalue weighted by Crippen LogP contribution is -2.38. The predicted octanol–water partition coefficient (Wildman–Crippen LogP) is 2.28. The molecule has 3 rings (SSSR count). The van der Waals surface area contributed by atoms with E-state index in [0.29, 0.717) is 0 Å². The lowest BCUT2D eigenvalue weighted by atomic mass is 9.96. The minimum Gasteiger partial charge on any atom is -0.489 e. The number of hydrogen-bond donors (Lipinski definition) is 1. The Labute approximate surface area is 119 Å². The topological polar surface area (TPSA) is 49.8 Å². The zero-order valence-corrected chi connectivity index (χ0v) is 11.8. The molecule has 0 aromatic heterocycles. The summed E-state index contributed by atoms with van der Waals surface area (Å²) in [5, 5.41) is 9.28. The van der Waals surface area contributed by atoms with Gasteiger partial charge in [0.1, 0.15) is 11.9 Å². The number of likely N-dealkylation sites (N-methyl/N-ethyl adjacent to an activating group) is 1. The van der Waals surface area contributed by atoms with E-state index in [1.54, 1.807) is 0 Å². The second-order valence-electron chi connectivity index (χ2n) is 6.06. The third-order valence-electron chi connectivity index (χ3n) is 4.45. The Morgan fingerprint density at radius 3 is 2.60 bits per heavy atom. The third kappa shape index (κ3) is 2.52. The third-order valence-corrected chi connectivity index (χ3v) is 4.45. The van der Waals surface area contributed by atoms with E-state index in [2.05, 4.69) is 11.9 Å². The largest absolute Gasteiger partial charge is 0.489 e. The molecule has 1 saturated carbocycles. The number of aliphatic carboxylic acids is 1. The van der Waals surface area contributed by atoms with Gasteiger partial charge >= 0.3 is 5.97 Å². The summed E-state index contributed by atoms with van der Waals surface area (Å²) in [5.41, 5.74) is 0.280. The lowest BCUT2D eigenvalue weighted by Gasteiger charge is -2.30. The summed E-state index contributed by atoms with van der Waals surface area (Å²) in [6, 6.07) is 7.63. The number of nitrogens with zero attached hydrogens (tertiary/aromatic N) is 1. The number of hydrogen-bond acceptors (Lipinski definition) is 3. The highest BCUT2D eigenvalue weighted by Gasteiger charge is 2.51. The van der Waals surface area contributed by atoms with Crippen molar-refractivity contribution in [2.24, 2.45) is 0 Å². The number of piperidine rings is 1. The number of carboxylic acids is 1. The van der Waals surface area contributed by atoms with E-state index in [-0.39, 0.29) is 6.10 Å². The maximum absolute atomic E-state index is 11.3. The molecule has 1 unspecified atom stereocenters. The first kappa shape index (κ1) is 13.4. The SMILES string of the molecule is CN1CCCC(Oc2ccc(C3(C(=O)O)CC3)cc2)C1. The van der Waals surface area contributed by atoms with Crippen molar-refractivity contribution >= 4 is 5.97 Å². The monoisotopic (exact) mass is 275 g/mol. The van der Waals surface area contributed by atoms with E-state index in [0.717, 1.165) is 43.7 Å². The molecule has 4 heteroatoms. The van der Waals surface area contributed by atoms with Crippen LogP contribution < -0.4 is 4.74 Å². The van der Waals surface area contributed by atoms with E-state index < -0.39 is 11.4 Å². The van der Waals surface area contributed by atoms with Crippen molar-refractivity contribution in [3.63, 3.8) is 0 Å². The quantitative estimate of drug-likeness (QED) is 0.916. The van der Waals surface area contributed by atoms with E-state index in [1.165, 1.54) is 6.42 Å². The molecule has 1 atom stereocenters. The second kappa shape index (κ2) is 5.09. The minimum absolute atomic E-state index is 0.244. The maximum Gasteiger partial charge on any atom is 0.314 e. The molecule has 1 aromatic rings. The first-order chi connectivity index (χ1) is 9.60. The van der Waals surface area contributed by atoms with Gasteiger partial charge in [-0.15, -0.1) is 0 Å². The molecule has 0 radical (unpaired) electrons. The number of benzene rings is 1. The Bertz CT molecular complexity index is 493. The maximum atomic E-state index is 11.3. The van der Waals surface area contributed by atoms with Crippen LogP contribution in [0.3, 0.4) is 0 Å². The molecule has 20 heavy (non-hydrogen) atoms. The van der Waals surface area contributed by atoms with Gasteiger partial charge in [-0.2, -0.15) is 0 Å². The predicted molar refractivity (Wildman–Crippen MR) is 76.1 cm³/mol. The van der Waals surface area contributed by atoms with Gasteiger partial charge in [0.15, 0.2) is 0 Å². The molecule has 1 aliphatic carbocycles. The summed E-state index contributed by atoms with van der Waals surface area (Å²) in [7, 11) is 2.11. The molecule has 1 aliphatic heterocycles. The van der Waals surface area contributed by atoms with Crippen LogP contribution in [0.1, 0.15) is 31.2 Å². The fourth-order valence-electron chi connectivity index (χ4n) is 3.01. The normalized spacial score (nSPS) is 25.1. The van der Waals surface area contributed by atoms with Gasteiger partial charge in [-0.05, 0) is 57.0 Å². The van der Waals surface area contributed by atoms with E-state index in [9.17, 15) is 9.90 Å². The van der Waals surface area contributed by atoms with Crippen LogP contribution in [0, 0.1) is 0 Å². The molecular weight excluding hydrogens is 254 g/mol. The van der Waals surface area contributed by atoms with Gasteiger partial charge in [0.05, 0.1) is 5.41 Å². The van der Waals surface area contributed by atoms with Crippen molar-refractivity contribution < 1.29 is 14.6 Å². The molecule has 1 N–H and O–H groups in total. The Morgan fingerprint density at radius 1 is 1.35 bits per heavy atom. The second-order valence-corrected chi connectivity index (χ2v) is 6.06. The molecule has 4 nitrogen and oxygen atoms in total. The summed E-state index contributed by atoms with van der Waals surface area (Å²) in [4.78, 5) is 13.6. The smallest absolute Gasteiger partial charge is 0.314 e. The lowest BCUT2D eigenvalue weighted by molar-refractivity contribution is -0.140. The Balaban J connectivity index is 1.66. The Hall–Kier alpha value is -1.55. The number of rotatable bonds is 4. The number of ether oxygens (including phenoxy) is 1. The van der Waals surface area contributed by atoms with Crippen molar-refractivity contribution in [1.82, 2.24) is 4.90 Å². The summed E-state index contributed by atoms with van der Waals surface area (Å²) < 4.78 is 5.99. The van der Waals surface area contributed by atoms with E-state index in [4.69, 9.17) is 4.74 Å². The van der Waals surface area contributed by atoms with Crippen molar-refractivity contribution in [1.29, 1.82) is 0 Å². The molecule has 1 heterocycles. The highest BCUT2D eigenvalue weighted by atomic mass is 16.5. The Kier molecular flexibility index (Phi) is 3.42. The van der Waals surface area contributed by atoms with Crippen molar-refractivity contribution in [2.45, 2.75) is 37.2 Å².